The van der Waals surface area contributed by atoms with Gasteiger partial charge in [0.05, 0.1) is 0 Å². The molecule has 0 aromatic carbocycles. The van der Waals surface area contributed by atoms with Crippen molar-refractivity contribution in [3.05, 3.63) is 0 Å². The van der Waals surface area contributed by atoms with Crippen LogP contribution in [0.5, 0.6) is 0 Å². The first-order valence-electron chi connectivity index (χ1n) is 9.69. The molecule has 4 saturated carbocycles. The fraction of sp³-hybridized carbons (Fsp3) is 0.895. The number of carbonyl (C=O) groups excluding carboxylic acids is 2. The van der Waals surface area contributed by atoms with Gasteiger partial charge in [-0.15, -0.1) is 0 Å². The van der Waals surface area contributed by atoms with Crippen LogP contribution < -0.4 is 16.4 Å². The van der Waals surface area contributed by atoms with Gasteiger partial charge in [0.2, 0.25) is 5.91 Å². The van der Waals surface area contributed by atoms with Crippen LogP contribution in [0.3, 0.4) is 0 Å². The van der Waals surface area contributed by atoms with Crippen LogP contribution in [0.25, 0.3) is 0 Å². The predicted molar refractivity (Wildman–Crippen MR) is 94.2 cm³/mol. The summed E-state index contributed by atoms with van der Waals surface area (Å²) < 4.78 is 0. The van der Waals surface area contributed by atoms with E-state index in [1.54, 1.807) is 0 Å². The van der Waals surface area contributed by atoms with Crippen LogP contribution in [-0.2, 0) is 4.79 Å². The van der Waals surface area contributed by atoms with E-state index in [4.69, 9.17) is 5.73 Å². The van der Waals surface area contributed by atoms with Crippen molar-refractivity contribution >= 4 is 11.9 Å². The highest BCUT2D eigenvalue weighted by molar-refractivity contribution is 5.87. The van der Waals surface area contributed by atoms with E-state index in [-0.39, 0.29) is 23.3 Å². The van der Waals surface area contributed by atoms with E-state index < -0.39 is 12.1 Å². The number of urea groups is 1. The molecule has 0 radical (unpaired) electrons. The van der Waals surface area contributed by atoms with Gasteiger partial charge >= 0.3 is 6.03 Å². The summed E-state index contributed by atoms with van der Waals surface area (Å²) in [6.07, 6.45) is 8.81. The van der Waals surface area contributed by atoms with Gasteiger partial charge in [0, 0.05) is 6.04 Å². The second-order valence-corrected chi connectivity index (χ2v) is 8.88. The predicted octanol–water partition coefficient (Wildman–Crippen LogP) is 2.79. The summed E-state index contributed by atoms with van der Waals surface area (Å²) in [4.78, 5) is 24.1. The lowest BCUT2D eigenvalue weighted by molar-refractivity contribution is -0.128. The average molecular weight is 335 g/mol. The Morgan fingerprint density at radius 3 is 1.96 bits per heavy atom. The number of nitrogens with two attached hydrogens (primary N) is 1. The molecule has 4 rings (SSSR count). The minimum Gasteiger partial charge on any atom is -0.352 e. The number of hydrogen-bond acceptors (Lipinski definition) is 2. The summed E-state index contributed by atoms with van der Waals surface area (Å²) in [5.41, 5.74) is 5.55. The highest BCUT2D eigenvalue weighted by atomic mass is 16.2. The normalized spacial score (nSPS) is 37.5. The molecular weight excluding hydrogens is 302 g/mol. The molecule has 4 bridgehead atoms. The van der Waals surface area contributed by atoms with Gasteiger partial charge in [0.25, 0.3) is 0 Å². The Labute approximate surface area is 145 Å². The van der Waals surface area contributed by atoms with Crippen molar-refractivity contribution < 1.29 is 9.59 Å². The molecule has 0 unspecified atom stereocenters. The van der Waals surface area contributed by atoms with Gasteiger partial charge in [0.15, 0.2) is 0 Å². The molecular formula is C19H33N3O2. The van der Waals surface area contributed by atoms with Crippen molar-refractivity contribution in [1.29, 1.82) is 0 Å². The quantitative estimate of drug-likeness (QED) is 0.697. The van der Waals surface area contributed by atoms with Crippen LogP contribution in [0.2, 0.25) is 0 Å². The van der Waals surface area contributed by atoms with Crippen molar-refractivity contribution in [2.75, 3.05) is 0 Å². The summed E-state index contributed by atoms with van der Waals surface area (Å²) in [6.45, 7) is 6.18. The third-order valence-corrected chi connectivity index (χ3v) is 7.16. The molecule has 4 aliphatic carbocycles. The zero-order valence-corrected chi connectivity index (χ0v) is 15.3. The van der Waals surface area contributed by atoms with Crippen molar-refractivity contribution in [2.24, 2.45) is 34.8 Å². The lowest BCUT2D eigenvalue weighted by atomic mass is 9.48. The Bertz CT molecular complexity index is 470. The molecule has 5 heteroatoms. The molecule has 0 aromatic heterocycles. The molecule has 5 nitrogen and oxygen atoms in total. The van der Waals surface area contributed by atoms with Gasteiger partial charge in [-0.1, -0.05) is 20.3 Å². The maximum Gasteiger partial charge on any atom is 0.312 e. The lowest BCUT2D eigenvalue weighted by Gasteiger charge is -2.59. The summed E-state index contributed by atoms with van der Waals surface area (Å²) in [5.74, 6) is 2.59. The summed E-state index contributed by atoms with van der Waals surface area (Å²) in [6, 6.07) is -0.999. The topological polar surface area (TPSA) is 84.2 Å². The van der Waals surface area contributed by atoms with Crippen molar-refractivity contribution in [2.45, 2.75) is 77.8 Å². The fourth-order valence-corrected chi connectivity index (χ4v) is 6.02. The number of rotatable bonds is 6. The summed E-state index contributed by atoms with van der Waals surface area (Å²) >= 11 is 0. The molecule has 0 spiro atoms. The second-order valence-electron chi connectivity index (χ2n) is 8.88. The minimum atomic E-state index is -0.627. The molecule has 0 saturated heterocycles. The van der Waals surface area contributed by atoms with Crippen LogP contribution >= 0.6 is 0 Å². The standard InChI is InChI=1S/C19H33N3O2/c1-4-11(2)16(22-18(20)24)17(23)21-12(3)19-8-13-5-14(9-19)7-15(6-13)10-19/h11-16H,4-10H2,1-3H3,(H,21,23)(H3,20,22,24)/t11-,12-,13?,14?,15?,16-,19?/m0/s1. The highest BCUT2D eigenvalue weighted by Gasteiger charge is 2.53. The molecule has 3 amide bonds. The molecule has 4 fully saturated rings. The number of hydrogen-bond donors (Lipinski definition) is 3. The molecule has 136 valence electrons. The van der Waals surface area contributed by atoms with E-state index in [1.165, 1.54) is 38.5 Å². The third-order valence-electron chi connectivity index (χ3n) is 7.16. The Morgan fingerprint density at radius 1 is 1.04 bits per heavy atom. The van der Waals surface area contributed by atoms with Gasteiger partial charge in [-0.05, 0) is 74.5 Å². The van der Waals surface area contributed by atoms with Crippen LogP contribution in [0.1, 0.15) is 65.7 Å². The van der Waals surface area contributed by atoms with Gasteiger partial charge in [-0.2, -0.15) is 0 Å². The molecule has 3 atom stereocenters. The molecule has 4 N–H and O–H groups in total. The average Bonchev–Trinajstić information content (AvgIpc) is 2.50. The summed E-state index contributed by atoms with van der Waals surface area (Å²) in [7, 11) is 0. The SMILES string of the molecule is CC[C@H](C)[C@H](NC(N)=O)C(=O)N[C@@H](C)C12CC3CC(CC(C3)C1)C2. The van der Waals surface area contributed by atoms with E-state index in [1.807, 2.05) is 13.8 Å². The Kier molecular flexibility index (Phi) is 4.80. The van der Waals surface area contributed by atoms with Crippen molar-refractivity contribution in [3.8, 4) is 0 Å². The maximum absolute atomic E-state index is 12.8. The first kappa shape index (κ1) is 17.6. The van der Waals surface area contributed by atoms with Crippen molar-refractivity contribution in [1.82, 2.24) is 10.6 Å². The molecule has 0 heterocycles. The zero-order chi connectivity index (χ0) is 17.5. The van der Waals surface area contributed by atoms with Gasteiger partial charge in [-0.25, -0.2) is 4.79 Å². The lowest BCUT2D eigenvalue weighted by Crippen LogP contribution is -2.59. The summed E-state index contributed by atoms with van der Waals surface area (Å²) in [5, 5.41) is 5.88. The van der Waals surface area contributed by atoms with Crippen LogP contribution in [-0.4, -0.2) is 24.0 Å². The molecule has 4 aliphatic rings. The third kappa shape index (κ3) is 3.27. The Balaban J connectivity index is 1.68. The molecule has 0 aromatic rings. The van der Waals surface area contributed by atoms with Crippen LogP contribution in [0.4, 0.5) is 4.79 Å². The fourth-order valence-electron chi connectivity index (χ4n) is 6.02. The zero-order valence-electron chi connectivity index (χ0n) is 15.3. The smallest absolute Gasteiger partial charge is 0.312 e. The van der Waals surface area contributed by atoms with Gasteiger partial charge in [0.1, 0.15) is 6.04 Å². The van der Waals surface area contributed by atoms with Crippen LogP contribution in [0, 0.1) is 29.1 Å². The first-order valence-corrected chi connectivity index (χ1v) is 9.69. The number of nitrogens with one attached hydrogen (secondary N) is 2. The van der Waals surface area contributed by atoms with Gasteiger partial charge in [-0.3, -0.25) is 4.79 Å². The number of amides is 3. The van der Waals surface area contributed by atoms with E-state index in [9.17, 15) is 9.59 Å². The molecule has 0 aliphatic heterocycles. The van der Waals surface area contributed by atoms with Crippen molar-refractivity contribution in [3.63, 3.8) is 0 Å². The Morgan fingerprint density at radius 2 is 1.54 bits per heavy atom. The number of carbonyl (C=O) groups is 2. The Hall–Kier alpha value is -1.26. The van der Waals surface area contributed by atoms with Gasteiger partial charge < -0.3 is 16.4 Å². The van der Waals surface area contributed by atoms with E-state index >= 15 is 0 Å². The maximum atomic E-state index is 12.8. The van der Waals surface area contributed by atoms with Crippen LogP contribution in [0.15, 0.2) is 0 Å². The van der Waals surface area contributed by atoms with E-state index in [0.717, 1.165) is 24.2 Å². The molecule has 24 heavy (non-hydrogen) atoms. The van der Waals surface area contributed by atoms with E-state index in [2.05, 4.69) is 17.6 Å². The first-order chi connectivity index (χ1) is 11.3. The highest BCUT2D eigenvalue weighted by Crippen LogP contribution is 2.61. The largest absolute Gasteiger partial charge is 0.352 e. The number of primary amides is 1. The minimum absolute atomic E-state index is 0.0704. The second kappa shape index (κ2) is 6.57. The monoisotopic (exact) mass is 335 g/mol. The van der Waals surface area contributed by atoms with E-state index in [0.29, 0.717) is 0 Å².